The maximum atomic E-state index is 13.0. The molecule has 100 valence electrons. The summed E-state index contributed by atoms with van der Waals surface area (Å²) in [6.07, 6.45) is 0. The van der Waals surface area contributed by atoms with E-state index in [1.54, 1.807) is 12.1 Å². The Morgan fingerprint density at radius 3 is 2.68 bits per heavy atom. The first-order chi connectivity index (χ1) is 9.15. The summed E-state index contributed by atoms with van der Waals surface area (Å²) in [6, 6.07) is 12.5. The van der Waals surface area contributed by atoms with Crippen molar-refractivity contribution in [1.82, 2.24) is 0 Å². The summed E-state index contributed by atoms with van der Waals surface area (Å²) in [5.41, 5.74) is 1.03. The van der Waals surface area contributed by atoms with Gasteiger partial charge in [-0.25, -0.2) is 4.39 Å². The second-order valence-electron chi connectivity index (χ2n) is 3.86. The zero-order valence-electron chi connectivity index (χ0n) is 10.00. The van der Waals surface area contributed by atoms with Crippen LogP contribution in [0.2, 0.25) is 0 Å². The van der Waals surface area contributed by atoms with Crippen molar-refractivity contribution in [1.29, 1.82) is 0 Å². The van der Waals surface area contributed by atoms with Crippen molar-refractivity contribution in [2.24, 2.45) is 0 Å². The summed E-state index contributed by atoms with van der Waals surface area (Å²) in [4.78, 5) is 0. The molecular weight excluding hydrogens is 377 g/mol. The van der Waals surface area contributed by atoms with Crippen LogP contribution in [0.15, 0.2) is 51.4 Å². The summed E-state index contributed by atoms with van der Waals surface area (Å²) >= 11 is 6.53. The Morgan fingerprint density at radius 2 is 1.95 bits per heavy atom. The molecule has 0 aliphatic rings. The van der Waals surface area contributed by atoms with Crippen LogP contribution in [0.3, 0.4) is 0 Å². The molecule has 0 fully saturated rings. The summed E-state index contributed by atoms with van der Waals surface area (Å²) in [5, 5.41) is 3.24. The number of rotatable bonds is 5. The van der Waals surface area contributed by atoms with E-state index in [-0.39, 0.29) is 5.82 Å². The molecule has 0 radical (unpaired) electrons. The van der Waals surface area contributed by atoms with Crippen molar-refractivity contribution in [2.75, 3.05) is 18.5 Å². The van der Waals surface area contributed by atoms with Gasteiger partial charge in [0.05, 0.1) is 4.47 Å². The lowest BCUT2D eigenvalue weighted by atomic mass is 10.3. The molecule has 0 saturated heterocycles. The average Bonchev–Trinajstić information content (AvgIpc) is 2.39. The zero-order valence-corrected chi connectivity index (χ0v) is 13.2. The van der Waals surface area contributed by atoms with Gasteiger partial charge in [-0.3, -0.25) is 0 Å². The standard InChI is InChI=1S/C14H12Br2FNO/c15-10-2-1-3-11(8-10)18-6-7-19-12-4-5-14(17)13(16)9-12/h1-5,8-9,18H,6-7H2. The molecule has 0 aliphatic carbocycles. The van der Waals surface area contributed by atoms with Crippen LogP contribution in [0, 0.1) is 5.82 Å². The molecule has 5 heteroatoms. The number of hydrogen-bond donors (Lipinski definition) is 1. The quantitative estimate of drug-likeness (QED) is 0.740. The van der Waals surface area contributed by atoms with Gasteiger partial charge in [-0.1, -0.05) is 22.0 Å². The first kappa shape index (κ1) is 14.3. The molecule has 0 unspecified atom stereocenters. The Balaban J connectivity index is 1.79. The molecule has 0 aromatic heterocycles. The molecule has 0 aliphatic heterocycles. The molecule has 0 atom stereocenters. The Bertz CT molecular complexity index is 563. The summed E-state index contributed by atoms with van der Waals surface area (Å²) in [5.74, 6) is 0.351. The minimum absolute atomic E-state index is 0.292. The van der Waals surface area contributed by atoms with Crippen molar-refractivity contribution in [3.05, 3.63) is 57.2 Å². The highest BCUT2D eigenvalue weighted by Crippen LogP contribution is 2.21. The number of hydrogen-bond acceptors (Lipinski definition) is 2. The Morgan fingerprint density at radius 1 is 1.11 bits per heavy atom. The fraction of sp³-hybridized carbons (Fsp3) is 0.143. The fourth-order valence-corrected chi connectivity index (χ4v) is 2.29. The first-order valence-electron chi connectivity index (χ1n) is 5.72. The first-order valence-corrected chi connectivity index (χ1v) is 7.31. The van der Waals surface area contributed by atoms with E-state index < -0.39 is 0 Å². The smallest absolute Gasteiger partial charge is 0.137 e. The Labute approximate surface area is 128 Å². The van der Waals surface area contributed by atoms with Gasteiger partial charge in [-0.2, -0.15) is 0 Å². The van der Waals surface area contributed by atoms with Crippen LogP contribution >= 0.6 is 31.9 Å². The van der Waals surface area contributed by atoms with Crippen molar-refractivity contribution >= 4 is 37.5 Å². The topological polar surface area (TPSA) is 21.3 Å². The minimum Gasteiger partial charge on any atom is -0.492 e. The number of nitrogens with one attached hydrogen (secondary N) is 1. The molecule has 2 rings (SSSR count). The van der Waals surface area contributed by atoms with Gasteiger partial charge < -0.3 is 10.1 Å². The molecule has 0 bridgehead atoms. The molecular formula is C14H12Br2FNO. The van der Waals surface area contributed by atoms with Crippen molar-refractivity contribution < 1.29 is 9.13 Å². The van der Waals surface area contributed by atoms with Gasteiger partial charge in [0.2, 0.25) is 0 Å². The zero-order chi connectivity index (χ0) is 13.7. The van der Waals surface area contributed by atoms with Crippen LogP contribution in [0.25, 0.3) is 0 Å². The van der Waals surface area contributed by atoms with Crippen molar-refractivity contribution in [2.45, 2.75) is 0 Å². The van der Waals surface area contributed by atoms with E-state index in [0.717, 1.165) is 10.2 Å². The molecule has 2 aromatic carbocycles. The van der Waals surface area contributed by atoms with Crippen LogP contribution in [-0.2, 0) is 0 Å². The highest BCUT2D eigenvalue weighted by atomic mass is 79.9. The third kappa shape index (κ3) is 4.51. The largest absolute Gasteiger partial charge is 0.492 e. The second-order valence-corrected chi connectivity index (χ2v) is 5.63. The highest BCUT2D eigenvalue weighted by Gasteiger charge is 2.01. The average molecular weight is 389 g/mol. The minimum atomic E-state index is -0.292. The van der Waals surface area contributed by atoms with Crippen molar-refractivity contribution in [3.63, 3.8) is 0 Å². The fourth-order valence-electron chi connectivity index (χ4n) is 1.53. The van der Waals surface area contributed by atoms with E-state index in [0.29, 0.717) is 23.4 Å². The van der Waals surface area contributed by atoms with E-state index in [4.69, 9.17) is 4.74 Å². The maximum absolute atomic E-state index is 13.0. The molecule has 0 amide bonds. The summed E-state index contributed by atoms with van der Waals surface area (Å²) < 4.78 is 20.0. The Hall–Kier alpha value is -1.07. The molecule has 2 aromatic rings. The summed E-state index contributed by atoms with van der Waals surface area (Å²) in [7, 11) is 0. The summed E-state index contributed by atoms with van der Waals surface area (Å²) in [6.45, 7) is 1.18. The van der Waals surface area contributed by atoms with Gasteiger partial charge in [0, 0.05) is 16.7 Å². The highest BCUT2D eigenvalue weighted by molar-refractivity contribution is 9.10. The van der Waals surface area contributed by atoms with Crippen LogP contribution in [0.5, 0.6) is 5.75 Å². The van der Waals surface area contributed by atoms with E-state index in [1.807, 2.05) is 24.3 Å². The van der Waals surface area contributed by atoms with Crippen LogP contribution in [0.4, 0.5) is 10.1 Å². The predicted molar refractivity (Wildman–Crippen MR) is 82.2 cm³/mol. The maximum Gasteiger partial charge on any atom is 0.137 e. The lowest BCUT2D eigenvalue weighted by Gasteiger charge is -2.09. The second kappa shape index (κ2) is 6.91. The molecule has 2 nitrogen and oxygen atoms in total. The van der Waals surface area contributed by atoms with Gasteiger partial charge in [-0.05, 0) is 52.3 Å². The number of halogens is 3. The SMILES string of the molecule is Fc1ccc(OCCNc2cccc(Br)c2)cc1Br. The van der Waals surface area contributed by atoms with Gasteiger partial charge in [0.15, 0.2) is 0 Å². The van der Waals surface area contributed by atoms with Crippen molar-refractivity contribution in [3.8, 4) is 5.75 Å². The normalized spacial score (nSPS) is 10.3. The lowest BCUT2D eigenvalue weighted by molar-refractivity contribution is 0.332. The van der Waals surface area contributed by atoms with E-state index in [1.165, 1.54) is 6.07 Å². The van der Waals surface area contributed by atoms with E-state index in [9.17, 15) is 4.39 Å². The van der Waals surface area contributed by atoms with Gasteiger partial charge in [-0.15, -0.1) is 0 Å². The molecule has 19 heavy (non-hydrogen) atoms. The molecule has 1 N–H and O–H groups in total. The molecule has 0 saturated carbocycles. The Kier molecular flexibility index (Phi) is 5.22. The van der Waals surface area contributed by atoms with Crippen LogP contribution in [0.1, 0.15) is 0 Å². The molecule has 0 heterocycles. The number of anilines is 1. The lowest BCUT2D eigenvalue weighted by Crippen LogP contribution is -2.11. The van der Waals surface area contributed by atoms with Gasteiger partial charge in [0.1, 0.15) is 18.2 Å². The third-order valence-electron chi connectivity index (χ3n) is 2.42. The van der Waals surface area contributed by atoms with E-state index >= 15 is 0 Å². The van der Waals surface area contributed by atoms with Crippen LogP contribution < -0.4 is 10.1 Å². The predicted octanol–water partition coefficient (Wildman–Crippen LogP) is 4.84. The molecule has 0 spiro atoms. The monoisotopic (exact) mass is 387 g/mol. The number of ether oxygens (including phenoxy) is 1. The van der Waals surface area contributed by atoms with Crippen LogP contribution in [-0.4, -0.2) is 13.2 Å². The van der Waals surface area contributed by atoms with Gasteiger partial charge in [0.25, 0.3) is 0 Å². The van der Waals surface area contributed by atoms with Gasteiger partial charge >= 0.3 is 0 Å². The number of benzene rings is 2. The third-order valence-corrected chi connectivity index (χ3v) is 3.52. The van der Waals surface area contributed by atoms with E-state index in [2.05, 4.69) is 37.2 Å².